The molecule has 0 aliphatic rings. The summed E-state index contributed by atoms with van der Waals surface area (Å²) in [7, 11) is 1.62. The summed E-state index contributed by atoms with van der Waals surface area (Å²) in [5, 5.41) is 2.99. The fourth-order valence-corrected chi connectivity index (χ4v) is 5.16. The third-order valence-corrected chi connectivity index (χ3v) is 5.88. The minimum atomic E-state index is -0.108. The average molecular weight is 498 g/mol. The van der Waals surface area contributed by atoms with Crippen molar-refractivity contribution in [1.82, 2.24) is 5.32 Å². The van der Waals surface area contributed by atoms with Gasteiger partial charge in [-0.05, 0) is 78.5 Å². The second kappa shape index (κ2) is 7.26. The Morgan fingerprint density at radius 3 is 2.52 bits per heavy atom. The van der Waals surface area contributed by atoms with Gasteiger partial charge in [0.15, 0.2) is 0 Å². The van der Waals surface area contributed by atoms with E-state index in [0.717, 1.165) is 23.4 Å². The van der Waals surface area contributed by atoms with Gasteiger partial charge < -0.3 is 10.1 Å². The highest BCUT2D eigenvalue weighted by atomic mass is 79.9. The van der Waals surface area contributed by atoms with Crippen molar-refractivity contribution >= 4 is 65.0 Å². The lowest BCUT2D eigenvalue weighted by molar-refractivity contribution is 0.0939. The van der Waals surface area contributed by atoms with Gasteiger partial charge in [0.2, 0.25) is 0 Å². The Morgan fingerprint density at radius 2 is 2.00 bits per heavy atom. The molecule has 2 aromatic rings. The summed E-state index contributed by atoms with van der Waals surface area (Å²) >= 11 is 11.7. The van der Waals surface area contributed by atoms with Crippen LogP contribution in [-0.4, -0.2) is 13.0 Å². The molecule has 1 aromatic heterocycles. The van der Waals surface area contributed by atoms with Gasteiger partial charge >= 0.3 is 0 Å². The number of hydrogen-bond donors (Lipinski definition) is 1. The largest absolute Gasteiger partial charge is 0.496 e. The van der Waals surface area contributed by atoms with Crippen LogP contribution in [0.5, 0.6) is 5.75 Å². The lowest BCUT2D eigenvalue weighted by Gasteiger charge is -2.15. The quantitative estimate of drug-likeness (QED) is 0.602. The Bertz CT molecular complexity index is 672. The molecule has 0 saturated carbocycles. The summed E-state index contributed by atoms with van der Waals surface area (Å²) in [6, 6.07) is 7.46. The number of nitrogens with one attached hydrogen (secondary N) is 1. The Kier molecular flexibility index (Phi) is 5.88. The molecule has 21 heavy (non-hydrogen) atoms. The van der Waals surface area contributed by atoms with Crippen LogP contribution < -0.4 is 10.1 Å². The Morgan fingerprint density at radius 1 is 1.29 bits per heavy atom. The maximum absolute atomic E-state index is 12.3. The summed E-state index contributed by atoms with van der Waals surface area (Å²) < 4.78 is 7.80. The molecule has 2 rings (SSSR count). The molecule has 0 saturated heterocycles. The van der Waals surface area contributed by atoms with Crippen LogP contribution in [-0.2, 0) is 0 Å². The first-order chi connectivity index (χ1) is 9.92. The molecule has 112 valence electrons. The molecule has 0 spiro atoms. The van der Waals surface area contributed by atoms with Crippen molar-refractivity contribution in [3.63, 3.8) is 0 Å². The van der Waals surface area contributed by atoms with Crippen LogP contribution in [0.4, 0.5) is 0 Å². The van der Waals surface area contributed by atoms with E-state index in [9.17, 15) is 4.79 Å². The summed E-state index contributed by atoms with van der Waals surface area (Å²) in [5.74, 6) is 0.657. The van der Waals surface area contributed by atoms with Crippen molar-refractivity contribution < 1.29 is 9.53 Å². The summed E-state index contributed by atoms with van der Waals surface area (Å²) in [5.41, 5.74) is 1.63. The normalized spacial score (nSPS) is 12.0. The molecule has 0 aliphatic heterocycles. The monoisotopic (exact) mass is 495 g/mol. The Labute approximate surface area is 152 Å². The predicted octanol–water partition coefficient (Wildman–Crippen LogP) is 5.54. The molecular weight excluding hydrogens is 486 g/mol. The van der Waals surface area contributed by atoms with Gasteiger partial charge in [0.1, 0.15) is 5.75 Å². The third kappa shape index (κ3) is 4.09. The fourth-order valence-electron chi connectivity index (χ4n) is 1.80. The Balaban J connectivity index is 2.14. The number of thiophene rings is 1. The van der Waals surface area contributed by atoms with Crippen molar-refractivity contribution in [3.8, 4) is 5.75 Å². The highest BCUT2D eigenvalue weighted by Gasteiger charge is 2.17. The van der Waals surface area contributed by atoms with Gasteiger partial charge in [0, 0.05) is 0 Å². The van der Waals surface area contributed by atoms with E-state index in [-0.39, 0.29) is 11.9 Å². The van der Waals surface area contributed by atoms with Gasteiger partial charge in [0.25, 0.3) is 5.91 Å². The SMILES string of the molecule is COc1ccc(C(C)NC(=O)c2cc(Br)sc2Br)cc1Br. The zero-order valence-electron chi connectivity index (χ0n) is 11.2. The predicted molar refractivity (Wildman–Crippen MR) is 96.3 cm³/mol. The average Bonchev–Trinajstić information content (AvgIpc) is 2.77. The van der Waals surface area contributed by atoms with E-state index in [1.807, 2.05) is 25.1 Å². The first-order valence-electron chi connectivity index (χ1n) is 6.01. The minimum absolute atomic E-state index is 0.106. The highest BCUT2D eigenvalue weighted by Crippen LogP contribution is 2.32. The number of carbonyl (C=O) groups excluding carboxylic acids is 1. The van der Waals surface area contributed by atoms with Gasteiger partial charge in [-0.15, -0.1) is 11.3 Å². The van der Waals surface area contributed by atoms with Gasteiger partial charge in [-0.1, -0.05) is 6.07 Å². The van der Waals surface area contributed by atoms with Crippen LogP contribution >= 0.6 is 59.1 Å². The van der Waals surface area contributed by atoms with Crippen molar-refractivity contribution in [2.75, 3.05) is 7.11 Å². The minimum Gasteiger partial charge on any atom is -0.496 e. The molecule has 1 N–H and O–H groups in total. The number of methoxy groups -OCH3 is 1. The van der Waals surface area contributed by atoms with E-state index in [2.05, 4.69) is 53.1 Å². The first kappa shape index (κ1) is 17.0. The molecule has 1 amide bonds. The zero-order valence-corrected chi connectivity index (χ0v) is 16.8. The molecule has 0 radical (unpaired) electrons. The van der Waals surface area contributed by atoms with Crippen LogP contribution in [0.25, 0.3) is 0 Å². The van der Waals surface area contributed by atoms with Crippen molar-refractivity contribution in [2.24, 2.45) is 0 Å². The van der Waals surface area contributed by atoms with E-state index < -0.39 is 0 Å². The third-order valence-electron chi connectivity index (χ3n) is 2.92. The standard InChI is InChI=1S/C14H12Br3NO2S/c1-7(8-3-4-11(20-2)10(15)5-8)18-14(19)9-6-12(16)21-13(9)17/h3-7H,1-2H3,(H,18,19). The van der Waals surface area contributed by atoms with E-state index >= 15 is 0 Å². The van der Waals surface area contributed by atoms with Gasteiger partial charge in [-0.3, -0.25) is 4.79 Å². The number of halogens is 3. The van der Waals surface area contributed by atoms with E-state index in [1.54, 1.807) is 13.2 Å². The van der Waals surface area contributed by atoms with Crippen LogP contribution in [0.2, 0.25) is 0 Å². The number of amides is 1. The fraction of sp³-hybridized carbons (Fsp3) is 0.214. The number of ether oxygens (including phenoxy) is 1. The number of rotatable bonds is 4. The van der Waals surface area contributed by atoms with Crippen molar-refractivity contribution in [2.45, 2.75) is 13.0 Å². The molecule has 0 aliphatic carbocycles. The summed E-state index contributed by atoms with van der Waals surface area (Å²) in [6.45, 7) is 1.95. The van der Waals surface area contributed by atoms with Crippen molar-refractivity contribution in [3.05, 3.63) is 47.4 Å². The second-order valence-electron chi connectivity index (χ2n) is 4.33. The summed E-state index contributed by atoms with van der Waals surface area (Å²) in [6.07, 6.45) is 0. The molecule has 7 heteroatoms. The van der Waals surface area contributed by atoms with Gasteiger partial charge in [-0.25, -0.2) is 0 Å². The van der Waals surface area contributed by atoms with E-state index in [4.69, 9.17) is 4.74 Å². The summed E-state index contributed by atoms with van der Waals surface area (Å²) in [4.78, 5) is 12.3. The maximum atomic E-state index is 12.3. The van der Waals surface area contributed by atoms with E-state index in [0.29, 0.717) is 5.56 Å². The molecular formula is C14H12Br3NO2S. The molecule has 1 unspecified atom stereocenters. The molecule has 0 fully saturated rings. The second-order valence-corrected chi connectivity index (χ2v) is 8.93. The topological polar surface area (TPSA) is 38.3 Å². The molecule has 0 bridgehead atoms. The van der Waals surface area contributed by atoms with Crippen LogP contribution in [0.3, 0.4) is 0 Å². The van der Waals surface area contributed by atoms with Gasteiger partial charge in [-0.2, -0.15) is 0 Å². The highest BCUT2D eigenvalue weighted by molar-refractivity contribution is 9.12. The number of carbonyl (C=O) groups is 1. The van der Waals surface area contributed by atoms with Gasteiger partial charge in [0.05, 0.1) is 30.8 Å². The zero-order chi connectivity index (χ0) is 15.6. The van der Waals surface area contributed by atoms with E-state index in [1.165, 1.54) is 11.3 Å². The van der Waals surface area contributed by atoms with Crippen LogP contribution in [0, 0.1) is 0 Å². The number of benzene rings is 1. The smallest absolute Gasteiger partial charge is 0.253 e. The molecule has 1 heterocycles. The van der Waals surface area contributed by atoms with Crippen molar-refractivity contribution in [1.29, 1.82) is 0 Å². The molecule has 1 aromatic carbocycles. The van der Waals surface area contributed by atoms with Crippen LogP contribution in [0.15, 0.2) is 36.3 Å². The molecule has 3 nitrogen and oxygen atoms in total. The van der Waals surface area contributed by atoms with Crippen LogP contribution in [0.1, 0.15) is 28.9 Å². The Hall–Kier alpha value is -0.370. The molecule has 1 atom stereocenters. The maximum Gasteiger partial charge on any atom is 0.253 e. The lowest BCUT2D eigenvalue weighted by Crippen LogP contribution is -2.26. The lowest BCUT2D eigenvalue weighted by atomic mass is 10.1. The number of hydrogen-bond acceptors (Lipinski definition) is 3. The first-order valence-corrected chi connectivity index (χ1v) is 9.21.